The van der Waals surface area contributed by atoms with E-state index in [1.807, 2.05) is 0 Å². The number of carbonyl (C=O) groups is 1. The Labute approximate surface area is 99.5 Å². The topological polar surface area (TPSA) is 70.8 Å². The molecular formula is C12H15NO4. The fourth-order valence-electron chi connectivity index (χ4n) is 1.67. The van der Waals surface area contributed by atoms with E-state index in [4.69, 9.17) is 19.9 Å². The molecule has 5 heteroatoms. The first-order valence-corrected chi connectivity index (χ1v) is 5.54. The van der Waals surface area contributed by atoms with Crippen LogP contribution in [0.4, 0.5) is 5.69 Å². The Morgan fingerprint density at radius 2 is 2.00 bits per heavy atom. The van der Waals surface area contributed by atoms with Crippen molar-refractivity contribution in [2.24, 2.45) is 0 Å². The van der Waals surface area contributed by atoms with E-state index < -0.39 is 0 Å². The number of benzene rings is 1. The van der Waals surface area contributed by atoms with Crippen LogP contribution in [0.1, 0.15) is 12.5 Å². The molecule has 2 rings (SSSR count). The smallest absolute Gasteiger partial charge is 0.310 e. The lowest BCUT2D eigenvalue weighted by Gasteiger charge is -2.20. The first-order valence-electron chi connectivity index (χ1n) is 5.54. The summed E-state index contributed by atoms with van der Waals surface area (Å²) in [4.78, 5) is 11.4. The van der Waals surface area contributed by atoms with Gasteiger partial charge in [0.1, 0.15) is 13.2 Å². The monoisotopic (exact) mass is 237 g/mol. The van der Waals surface area contributed by atoms with Crippen molar-refractivity contribution in [3.63, 3.8) is 0 Å². The first-order chi connectivity index (χ1) is 8.20. The predicted molar refractivity (Wildman–Crippen MR) is 62.2 cm³/mol. The number of rotatable bonds is 3. The van der Waals surface area contributed by atoms with Crippen LogP contribution in [-0.2, 0) is 16.0 Å². The molecule has 92 valence electrons. The molecule has 1 aliphatic rings. The molecule has 1 aliphatic heterocycles. The fourth-order valence-corrected chi connectivity index (χ4v) is 1.67. The van der Waals surface area contributed by atoms with Crippen molar-refractivity contribution in [3.8, 4) is 11.5 Å². The third kappa shape index (κ3) is 2.61. The maximum atomic E-state index is 11.4. The van der Waals surface area contributed by atoms with E-state index in [-0.39, 0.29) is 12.4 Å². The van der Waals surface area contributed by atoms with E-state index in [1.165, 1.54) is 0 Å². The van der Waals surface area contributed by atoms with Gasteiger partial charge in [-0.25, -0.2) is 0 Å². The normalized spacial score (nSPS) is 13.2. The third-order valence-corrected chi connectivity index (χ3v) is 2.44. The van der Waals surface area contributed by atoms with Gasteiger partial charge in [-0.3, -0.25) is 4.79 Å². The van der Waals surface area contributed by atoms with E-state index in [2.05, 4.69) is 0 Å². The molecule has 0 amide bonds. The minimum atomic E-state index is -0.295. The maximum absolute atomic E-state index is 11.4. The van der Waals surface area contributed by atoms with Gasteiger partial charge in [0.05, 0.1) is 13.0 Å². The molecule has 0 unspecified atom stereocenters. The van der Waals surface area contributed by atoms with Crippen LogP contribution < -0.4 is 15.2 Å². The molecule has 0 fully saturated rings. The van der Waals surface area contributed by atoms with Crippen LogP contribution in [0.15, 0.2) is 12.1 Å². The van der Waals surface area contributed by atoms with Gasteiger partial charge in [-0.1, -0.05) is 0 Å². The Balaban J connectivity index is 2.19. The summed E-state index contributed by atoms with van der Waals surface area (Å²) in [7, 11) is 0. The number of esters is 1. The molecule has 1 aromatic carbocycles. The molecule has 0 spiro atoms. The third-order valence-electron chi connectivity index (χ3n) is 2.44. The first kappa shape index (κ1) is 11.6. The largest absolute Gasteiger partial charge is 0.486 e. The number of fused-ring (bicyclic) bond motifs is 1. The van der Waals surface area contributed by atoms with Crippen molar-refractivity contribution in [1.82, 2.24) is 0 Å². The van der Waals surface area contributed by atoms with E-state index in [0.29, 0.717) is 42.6 Å². The molecule has 17 heavy (non-hydrogen) atoms. The highest BCUT2D eigenvalue weighted by atomic mass is 16.6. The second-order valence-electron chi connectivity index (χ2n) is 3.68. The zero-order valence-corrected chi connectivity index (χ0v) is 9.69. The van der Waals surface area contributed by atoms with Gasteiger partial charge in [-0.2, -0.15) is 0 Å². The highest BCUT2D eigenvalue weighted by Crippen LogP contribution is 2.34. The molecule has 0 saturated heterocycles. The lowest BCUT2D eigenvalue weighted by Crippen LogP contribution is -2.16. The molecule has 1 heterocycles. The van der Waals surface area contributed by atoms with Crippen LogP contribution >= 0.6 is 0 Å². The van der Waals surface area contributed by atoms with Gasteiger partial charge in [0.25, 0.3) is 0 Å². The molecule has 0 atom stereocenters. The number of ether oxygens (including phenoxy) is 3. The minimum absolute atomic E-state index is 0.149. The van der Waals surface area contributed by atoms with Gasteiger partial charge in [0.2, 0.25) is 0 Å². The lowest BCUT2D eigenvalue weighted by molar-refractivity contribution is -0.142. The second-order valence-corrected chi connectivity index (χ2v) is 3.68. The van der Waals surface area contributed by atoms with Crippen molar-refractivity contribution < 1.29 is 19.0 Å². The molecular weight excluding hydrogens is 222 g/mol. The fraction of sp³-hybridized carbons (Fsp3) is 0.417. The molecule has 0 radical (unpaired) electrons. The van der Waals surface area contributed by atoms with Crippen molar-refractivity contribution in [2.75, 3.05) is 25.6 Å². The number of anilines is 1. The van der Waals surface area contributed by atoms with Crippen LogP contribution in [0, 0.1) is 0 Å². The molecule has 1 aromatic rings. The van der Waals surface area contributed by atoms with Crippen molar-refractivity contribution in [3.05, 3.63) is 17.7 Å². The Hall–Kier alpha value is -1.91. The van der Waals surface area contributed by atoms with Gasteiger partial charge in [-0.05, 0) is 18.6 Å². The summed E-state index contributed by atoms with van der Waals surface area (Å²) in [6, 6.07) is 3.42. The van der Waals surface area contributed by atoms with Crippen molar-refractivity contribution in [1.29, 1.82) is 0 Å². The molecule has 0 bridgehead atoms. The molecule has 5 nitrogen and oxygen atoms in total. The summed E-state index contributed by atoms with van der Waals surface area (Å²) < 4.78 is 15.7. The molecule has 0 saturated carbocycles. The zero-order valence-electron chi connectivity index (χ0n) is 9.69. The summed E-state index contributed by atoms with van der Waals surface area (Å²) in [5.41, 5.74) is 7.06. The summed E-state index contributed by atoms with van der Waals surface area (Å²) >= 11 is 0. The van der Waals surface area contributed by atoms with E-state index >= 15 is 0 Å². The lowest BCUT2D eigenvalue weighted by atomic mass is 10.1. The molecule has 0 aliphatic carbocycles. The summed E-state index contributed by atoms with van der Waals surface area (Å²) in [5.74, 6) is 0.960. The average molecular weight is 237 g/mol. The number of hydrogen-bond donors (Lipinski definition) is 1. The maximum Gasteiger partial charge on any atom is 0.310 e. The minimum Gasteiger partial charge on any atom is -0.486 e. The van der Waals surface area contributed by atoms with E-state index in [1.54, 1.807) is 19.1 Å². The summed E-state index contributed by atoms with van der Waals surface area (Å²) in [6.07, 6.45) is 0.149. The second kappa shape index (κ2) is 4.95. The van der Waals surface area contributed by atoms with Gasteiger partial charge >= 0.3 is 5.97 Å². The van der Waals surface area contributed by atoms with E-state index in [9.17, 15) is 4.79 Å². The average Bonchev–Trinajstić information content (AvgIpc) is 2.30. The standard InChI is InChI=1S/C12H15NO4/c1-2-15-12(14)6-8-5-10-11(7-9(8)13)17-4-3-16-10/h5,7H,2-4,6,13H2,1H3. The predicted octanol–water partition coefficient (Wildman–Crippen LogP) is 1.15. The Bertz CT molecular complexity index is 431. The molecule has 0 aromatic heterocycles. The van der Waals surface area contributed by atoms with Crippen LogP contribution in [0.5, 0.6) is 11.5 Å². The number of hydrogen-bond acceptors (Lipinski definition) is 5. The highest BCUT2D eigenvalue weighted by molar-refractivity contribution is 5.76. The summed E-state index contributed by atoms with van der Waals surface area (Å²) in [5, 5.41) is 0. The van der Waals surface area contributed by atoms with E-state index in [0.717, 1.165) is 0 Å². The SMILES string of the molecule is CCOC(=O)Cc1cc2c(cc1N)OCCO2. The van der Waals surface area contributed by atoms with Gasteiger partial charge in [-0.15, -0.1) is 0 Å². The Kier molecular flexibility index (Phi) is 3.37. The van der Waals surface area contributed by atoms with Crippen LogP contribution in [-0.4, -0.2) is 25.8 Å². The highest BCUT2D eigenvalue weighted by Gasteiger charge is 2.16. The number of carbonyl (C=O) groups excluding carboxylic acids is 1. The van der Waals surface area contributed by atoms with Gasteiger partial charge in [0.15, 0.2) is 11.5 Å². The Morgan fingerprint density at radius 1 is 1.35 bits per heavy atom. The Morgan fingerprint density at radius 3 is 2.65 bits per heavy atom. The number of nitrogens with two attached hydrogens (primary N) is 1. The summed E-state index contributed by atoms with van der Waals surface area (Å²) in [6.45, 7) is 3.16. The van der Waals surface area contributed by atoms with Crippen molar-refractivity contribution >= 4 is 11.7 Å². The van der Waals surface area contributed by atoms with Crippen LogP contribution in [0.25, 0.3) is 0 Å². The van der Waals surface area contributed by atoms with Gasteiger partial charge in [0, 0.05) is 11.8 Å². The quantitative estimate of drug-likeness (QED) is 0.630. The number of nitrogen functional groups attached to an aromatic ring is 1. The van der Waals surface area contributed by atoms with Gasteiger partial charge < -0.3 is 19.9 Å². The van der Waals surface area contributed by atoms with Crippen molar-refractivity contribution in [2.45, 2.75) is 13.3 Å². The van der Waals surface area contributed by atoms with Crippen LogP contribution in [0.3, 0.4) is 0 Å². The zero-order chi connectivity index (χ0) is 12.3. The molecule has 2 N–H and O–H groups in total. The van der Waals surface area contributed by atoms with Crippen LogP contribution in [0.2, 0.25) is 0 Å².